The first-order valence-electron chi connectivity index (χ1n) is 5.10. The van der Waals surface area contributed by atoms with E-state index in [1.807, 2.05) is 68.5 Å². The summed E-state index contributed by atoms with van der Waals surface area (Å²) in [5.74, 6) is 0.717. The zero-order valence-electron chi connectivity index (χ0n) is 10.3. The van der Waals surface area contributed by atoms with Gasteiger partial charge in [-0.15, -0.1) is 0 Å². The van der Waals surface area contributed by atoms with Gasteiger partial charge in [0.2, 0.25) is 0 Å². The van der Waals surface area contributed by atoms with Crippen molar-refractivity contribution in [2.75, 3.05) is 28.2 Å². The first-order valence-corrected chi connectivity index (χ1v) is 5.10. The smallest absolute Gasteiger partial charge is 0.154 e. The van der Waals surface area contributed by atoms with Crippen molar-refractivity contribution in [1.82, 2.24) is 14.8 Å². The fraction of sp³-hybridized carbons (Fsp3) is 0.333. The Morgan fingerprint density at radius 1 is 1.12 bits per heavy atom. The van der Waals surface area contributed by atoms with Gasteiger partial charge in [-0.05, 0) is 18.2 Å². The molecule has 4 heteroatoms. The van der Waals surface area contributed by atoms with E-state index in [1.54, 1.807) is 6.34 Å². The highest BCUT2D eigenvalue weighted by Gasteiger charge is 1.92. The molecule has 4 nitrogen and oxygen atoms in total. The molecule has 16 heavy (non-hydrogen) atoms. The van der Waals surface area contributed by atoms with E-state index in [9.17, 15) is 0 Å². The van der Waals surface area contributed by atoms with Crippen LogP contribution in [-0.4, -0.2) is 49.3 Å². The van der Waals surface area contributed by atoms with Gasteiger partial charge in [0.15, 0.2) is 5.82 Å². The third kappa shape index (κ3) is 4.59. The second-order valence-corrected chi connectivity index (χ2v) is 3.91. The highest BCUT2D eigenvalue weighted by atomic mass is 15.1. The molecule has 0 radical (unpaired) electrons. The van der Waals surface area contributed by atoms with Crippen molar-refractivity contribution < 1.29 is 0 Å². The Morgan fingerprint density at radius 3 is 2.50 bits per heavy atom. The Labute approximate surface area is 96.9 Å². The Kier molecular flexibility index (Phi) is 4.51. The molecular weight excluding hydrogens is 200 g/mol. The predicted octanol–water partition coefficient (Wildman–Crippen LogP) is 1.84. The first kappa shape index (κ1) is 12.2. The first-order chi connectivity index (χ1) is 7.58. The van der Waals surface area contributed by atoms with Crippen molar-refractivity contribution in [2.45, 2.75) is 0 Å². The molecule has 1 heterocycles. The number of nitrogens with zero attached hydrogens (tertiary/aromatic N) is 4. The number of pyridine rings is 1. The van der Waals surface area contributed by atoms with E-state index in [2.05, 4.69) is 9.98 Å². The molecule has 0 aliphatic heterocycles. The second-order valence-electron chi connectivity index (χ2n) is 3.91. The van der Waals surface area contributed by atoms with Crippen molar-refractivity contribution in [2.24, 2.45) is 4.99 Å². The van der Waals surface area contributed by atoms with E-state index in [4.69, 9.17) is 0 Å². The molecule has 0 N–H and O–H groups in total. The Balaban J connectivity index is 2.79. The van der Waals surface area contributed by atoms with E-state index in [1.165, 1.54) is 0 Å². The van der Waals surface area contributed by atoms with Crippen LogP contribution in [0.4, 0.5) is 5.82 Å². The SMILES string of the molecule is CN(C)C=Cc1cccc(N=CN(C)C)n1. The van der Waals surface area contributed by atoms with E-state index in [0.717, 1.165) is 11.5 Å². The van der Waals surface area contributed by atoms with Gasteiger partial charge < -0.3 is 9.80 Å². The van der Waals surface area contributed by atoms with E-state index in [-0.39, 0.29) is 0 Å². The number of hydrogen-bond donors (Lipinski definition) is 0. The van der Waals surface area contributed by atoms with Crippen LogP contribution in [0.1, 0.15) is 5.69 Å². The number of aromatic nitrogens is 1. The second kappa shape index (κ2) is 5.90. The minimum absolute atomic E-state index is 0.717. The largest absolute Gasteiger partial charge is 0.383 e. The fourth-order valence-corrected chi connectivity index (χ4v) is 1.00. The molecule has 0 amide bonds. The third-order valence-corrected chi connectivity index (χ3v) is 1.72. The summed E-state index contributed by atoms with van der Waals surface area (Å²) >= 11 is 0. The molecule has 0 aromatic carbocycles. The Bertz CT molecular complexity index is 347. The van der Waals surface area contributed by atoms with Crippen LogP contribution in [0.25, 0.3) is 6.08 Å². The molecule has 0 atom stereocenters. The third-order valence-electron chi connectivity index (χ3n) is 1.72. The Morgan fingerprint density at radius 2 is 1.88 bits per heavy atom. The lowest BCUT2D eigenvalue weighted by Gasteiger charge is -2.04. The number of rotatable bonds is 4. The molecule has 0 unspecified atom stereocenters. The van der Waals surface area contributed by atoms with Crippen LogP contribution in [-0.2, 0) is 0 Å². The maximum atomic E-state index is 4.38. The summed E-state index contributed by atoms with van der Waals surface area (Å²) in [6.07, 6.45) is 5.65. The van der Waals surface area contributed by atoms with Gasteiger partial charge in [-0.25, -0.2) is 9.98 Å². The summed E-state index contributed by atoms with van der Waals surface area (Å²) in [5, 5.41) is 0. The molecule has 0 saturated heterocycles. The Hall–Kier alpha value is -1.84. The molecule has 1 rings (SSSR count). The van der Waals surface area contributed by atoms with Gasteiger partial charge in [-0.1, -0.05) is 6.07 Å². The maximum absolute atomic E-state index is 4.38. The lowest BCUT2D eigenvalue weighted by molar-refractivity contribution is 0.567. The molecule has 0 saturated carbocycles. The zero-order chi connectivity index (χ0) is 12.0. The van der Waals surface area contributed by atoms with Crippen molar-refractivity contribution in [3.63, 3.8) is 0 Å². The topological polar surface area (TPSA) is 31.7 Å². The van der Waals surface area contributed by atoms with Crippen LogP contribution in [0.5, 0.6) is 0 Å². The van der Waals surface area contributed by atoms with Gasteiger partial charge in [-0.3, -0.25) is 0 Å². The van der Waals surface area contributed by atoms with Crippen LogP contribution in [0.15, 0.2) is 29.4 Å². The van der Waals surface area contributed by atoms with Crippen LogP contribution < -0.4 is 0 Å². The van der Waals surface area contributed by atoms with Gasteiger partial charge in [-0.2, -0.15) is 0 Å². The summed E-state index contributed by atoms with van der Waals surface area (Å²) in [7, 11) is 7.81. The van der Waals surface area contributed by atoms with Gasteiger partial charge in [0, 0.05) is 34.4 Å². The van der Waals surface area contributed by atoms with Crippen LogP contribution >= 0.6 is 0 Å². The normalized spacial score (nSPS) is 11.2. The molecule has 0 aliphatic rings. The van der Waals surface area contributed by atoms with Gasteiger partial charge in [0.25, 0.3) is 0 Å². The van der Waals surface area contributed by atoms with Gasteiger partial charge in [0.05, 0.1) is 12.0 Å². The molecule has 0 spiro atoms. The van der Waals surface area contributed by atoms with Crippen LogP contribution in [0.3, 0.4) is 0 Å². The number of aliphatic imine (C=N–C) groups is 1. The molecule has 1 aromatic heterocycles. The summed E-state index contributed by atoms with van der Waals surface area (Å²) in [6, 6.07) is 5.78. The van der Waals surface area contributed by atoms with Crippen molar-refractivity contribution in [3.8, 4) is 0 Å². The standard InChI is InChI=1S/C12H18N4/c1-15(2)9-8-11-6-5-7-12(14-11)13-10-16(3)4/h5-10H,1-4H3. The van der Waals surface area contributed by atoms with E-state index < -0.39 is 0 Å². The van der Waals surface area contributed by atoms with Gasteiger partial charge >= 0.3 is 0 Å². The van der Waals surface area contributed by atoms with Crippen LogP contribution in [0.2, 0.25) is 0 Å². The quantitative estimate of drug-likeness (QED) is 0.571. The monoisotopic (exact) mass is 218 g/mol. The highest BCUT2D eigenvalue weighted by molar-refractivity contribution is 5.59. The average Bonchev–Trinajstić information content (AvgIpc) is 2.24. The molecule has 1 aromatic rings. The van der Waals surface area contributed by atoms with E-state index in [0.29, 0.717) is 0 Å². The summed E-state index contributed by atoms with van der Waals surface area (Å²) in [4.78, 5) is 12.5. The lowest BCUT2D eigenvalue weighted by atomic mass is 10.3. The highest BCUT2D eigenvalue weighted by Crippen LogP contribution is 2.09. The molecule has 86 valence electrons. The van der Waals surface area contributed by atoms with Crippen molar-refractivity contribution in [1.29, 1.82) is 0 Å². The minimum atomic E-state index is 0.717. The predicted molar refractivity (Wildman–Crippen MR) is 68.8 cm³/mol. The van der Waals surface area contributed by atoms with Crippen molar-refractivity contribution in [3.05, 3.63) is 30.1 Å². The molecular formula is C12H18N4. The summed E-state index contributed by atoms with van der Waals surface area (Å²) < 4.78 is 0. The number of hydrogen-bond acceptors (Lipinski definition) is 3. The zero-order valence-corrected chi connectivity index (χ0v) is 10.3. The van der Waals surface area contributed by atoms with E-state index >= 15 is 0 Å². The average molecular weight is 218 g/mol. The van der Waals surface area contributed by atoms with Crippen LogP contribution in [0, 0.1) is 0 Å². The lowest BCUT2D eigenvalue weighted by Crippen LogP contribution is -2.07. The minimum Gasteiger partial charge on any atom is -0.383 e. The fourth-order valence-electron chi connectivity index (χ4n) is 1.00. The molecule has 0 aliphatic carbocycles. The maximum Gasteiger partial charge on any atom is 0.154 e. The summed E-state index contributed by atoms with van der Waals surface area (Å²) in [5.41, 5.74) is 0.905. The molecule has 0 fully saturated rings. The molecule has 0 bridgehead atoms. The van der Waals surface area contributed by atoms with Gasteiger partial charge in [0.1, 0.15) is 0 Å². The van der Waals surface area contributed by atoms with Crippen molar-refractivity contribution >= 4 is 18.2 Å². The summed E-state index contributed by atoms with van der Waals surface area (Å²) in [6.45, 7) is 0.